The van der Waals surface area contributed by atoms with Crippen LogP contribution in [0.25, 0.3) is 0 Å². The van der Waals surface area contributed by atoms with Gasteiger partial charge in [0, 0.05) is 13.0 Å². The molecule has 0 saturated heterocycles. The summed E-state index contributed by atoms with van der Waals surface area (Å²) in [7, 11) is 2.13. The first kappa shape index (κ1) is 12.7. The van der Waals surface area contributed by atoms with Gasteiger partial charge < -0.3 is 10.6 Å². The van der Waals surface area contributed by atoms with Crippen molar-refractivity contribution >= 4 is 5.84 Å². The Morgan fingerprint density at radius 1 is 1.25 bits per heavy atom. The number of hydrogen-bond donors (Lipinski definition) is 2. The van der Waals surface area contributed by atoms with Crippen LogP contribution in [0.2, 0.25) is 0 Å². The molecule has 0 amide bonds. The van der Waals surface area contributed by atoms with E-state index in [1.165, 1.54) is 5.56 Å². The van der Waals surface area contributed by atoms with Gasteiger partial charge in [-0.05, 0) is 32.0 Å². The molecule has 0 bridgehead atoms. The van der Waals surface area contributed by atoms with E-state index in [9.17, 15) is 0 Å². The van der Waals surface area contributed by atoms with Crippen molar-refractivity contribution in [1.82, 2.24) is 4.90 Å². The van der Waals surface area contributed by atoms with Crippen LogP contribution < -0.4 is 5.73 Å². The van der Waals surface area contributed by atoms with Gasteiger partial charge in [-0.1, -0.05) is 30.3 Å². The Morgan fingerprint density at radius 3 is 2.56 bits per heavy atom. The Kier molecular flexibility index (Phi) is 5.57. The first-order chi connectivity index (χ1) is 7.68. The quantitative estimate of drug-likeness (QED) is 0.420. The molecule has 1 rings (SSSR count). The van der Waals surface area contributed by atoms with Gasteiger partial charge in [0.1, 0.15) is 0 Å². The molecule has 0 saturated carbocycles. The molecule has 16 heavy (non-hydrogen) atoms. The van der Waals surface area contributed by atoms with Gasteiger partial charge >= 0.3 is 0 Å². The average Bonchev–Trinajstić information content (AvgIpc) is 2.25. The summed E-state index contributed by atoms with van der Waals surface area (Å²) < 4.78 is 0. The molecule has 0 atom stereocenters. The van der Waals surface area contributed by atoms with Crippen molar-refractivity contribution in [3.05, 3.63) is 35.9 Å². The van der Waals surface area contributed by atoms with Crippen molar-refractivity contribution in [3.63, 3.8) is 0 Å². The summed E-state index contributed by atoms with van der Waals surface area (Å²) in [6, 6.07) is 10.5. The lowest BCUT2D eigenvalue weighted by atomic mass is 10.2. The van der Waals surface area contributed by atoms with Crippen molar-refractivity contribution in [3.8, 4) is 0 Å². The van der Waals surface area contributed by atoms with Gasteiger partial charge in [0.25, 0.3) is 0 Å². The summed E-state index contributed by atoms with van der Waals surface area (Å²) in [5.41, 5.74) is 6.65. The monoisotopic (exact) mass is 219 g/mol. The number of hydrogen-bond acceptors (Lipinski definition) is 2. The molecule has 0 fully saturated rings. The number of nitrogens with one attached hydrogen (secondary N) is 1. The molecule has 1 aromatic rings. The van der Waals surface area contributed by atoms with Gasteiger partial charge in [-0.15, -0.1) is 0 Å². The van der Waals surface area contributed by atoms with Crippen LogP contribution in [0.4, 0.5) is 0 Å². The molecule has 0 aliphatic carbocycles. The van der Waals surface area contributed by atoms with Crippen molar-refractivity contribution in [2.24, 2.45) is 5.73 Å². The van der Waals surface area contributed by atoms with E-state index >= 15 is 0 Å². The van der Waals surface area contributed by atoms with Crippen LogP contribution in [0.15, 0.2) is 30.3 Å². The smallest absolute Gasteiger partial charge is 0.0905 e. The standard InChI is InChI=1S/C13H21N3/c1-16(10-6-5-9-13(14)15)11-12-7-3-2-4-8-12/h2-4,7-8H,5-6,9-11H2,1H3,(H3,14,15). The van der Waals surface area contributed by atoms with E-state index in [0.717, 1.165) is 32.4 Å². The molecule has 0 aromatic heterocycles. The summed E-state index contributed by atoms with van der Waals surface area (Å²) in [5, 5.41) is 7.12. The molecule has 1 aromatic carbocycles. The fraction of sp³-hybridized carbons (Fsp3) is 0.462. The Morgan fingerprint density at radius 2 is 1.94 bits per heavy atom. The number of nitrogens with two attached hydrogens (primary N) is 1. The van der Waals surface area contributed by atoms with Crippen LogP contribution in [0.3, 0.4) is 0 Å². The molecular formula is C13H21N3. The molecule has 0 aliphatic rings. The zero-order valence-corrected chi connectivity index (χ0v) is 9.95. The zero-order valence-electron chi connectivity index (χ0n) is 9.95. The second-order valence-corrected chi connectivity index (χ2v) is 4.21. The van der Waals surface area contributed by atoms with Crippen LogP contribution in [-0.4, -0.2) is 24.3 Å². The summed E-state index contributed by atoms with van der Waals surface area (Å²) in [5.74, 6) is 0.297. The van der Waals surface area contributed by atoms with E-state index in [1.54, 1.807) is 0 Å². The molecule has 0 spiro atoms. The maximum Gasteiger partial charge on any atom is 0.0905 e. The molecule has 0 aliphatic heterocycles. The number of rotatable bonds is 7. The highest BCUT2D eigenvalue weighted by Gasteiger charge is 1.99. The minimum absolute atomic E-state index is 0.297. The van der Waals surface area contributed by atoms with E-state index in [2.05, 4.69) is 36.2 Å². The van der Waals surface area contributed by atoms with Gasteiger partial charge in [-0.3, -0.25) is 5.41 Å². The van der Waals surface area contributed by atoms with Gasteiger partial charge in [-0.25, -0.2) is 0 Å². The second-order valence-electron chi connectivity index (χ2n) is 4.21. The summed E-state index contributed by atoms with van der Waals surface area (Å²) >= 11 is 0. The number of amidine groups is 1. The average molecular weight is 219 g/mol. The number of unbranched alkanes of at least 4 members (excludes halogenated alkanes) is 1. The highest BCUT2D eigenvalue weighted by atomic mass is 15.1. The summed E-state index contributed by atoms with van der Waals surface area (Å²) in [4.78, 5) is 2.30. The highest BCUT2D eigenvalue weighted by molar-refractivity contribution is 5.76. The van der Waals surface area contributed by atoms with E-state index in [1.807, 2.05) is 6.07 Å². The van der Waals surface area contributed by atoms with E-state index in [0.29, 0.717) is 5.84 Å². The SMILES string of the molecule is CN(CCCCC(=N)N)Cc1ccccc1. The van der Waals surface area contributed by atoms with Gasteiger partial charge in [-0.2, -0.15) is 0 Å². The van der Waals surface area contributed by atoms with Gasteiger partial charge in [0.05, 0.1) is 5.84 Å². The van der Waals surface area contributed by atoms with Crippen molar-refractivity contribution in [1.29, 1.82) is 5.41 Å². The Labute approximate surface area is 97.8 Å². The van der Waals surface area contributed by atoms with Crippen LogP contribution in [0.1, 0.15) is 24.8 Å². The fourth-order valence-corrected chi connectivity index (χ4v) is 1.67. The second kappa shape index (κ2) is 7.01. The highest BCUT2D eigenvalue weighted by Crippen LogP contribution is 2.04. The van der Waals surface area contributed by atoms with Gasteiger partial charge in [0.15, 0.2) is 0 Å². The maximum absolute atomic E-state index is 7.12. The van der Waals surface area contributed by atoms with E-state index in [-0.39, 0.29) is 0 Å². The van der Waals surface area contributed by atoms with Crippen LogP contribution in [0.5, 0.6) is 0 Å². The normalized spacial score (nSPS) is 10.6. The molecule has 0 heterocycles. The van der Waals surface area contributed by atoms with Crippen LogP contribution >= 0.6 is 0 Å². The van der Waals surface area contributed by atoms with Gasteiger partial charge in [0.2, 0.25) is 0 Å². The molecule has 0 unspecified atom stereocenters. The molecule has 0 radical (unpaired) electrons. The minimum Gasteiger partial charge on any atom is -0.388 e. The lowest BCUT2D eigenvalue weighted by Gasteiger charge is -2.16. The van der Waals surface area contributed by atoms with Crippen molar-refractivity contribution in [2.75, 3.05) is 13.6 Å². The third-order valence-electron chi connectivity index (χ3n) is 2.53. The largest absolute Gasteiger partial charge is 0.388 e. The third kappa shape index (κ3) is 5.51. The minimum atomic E-state index is 0.297. The lowest BCUT2D eigenvalue weighted by Crippen LogP contribution is -2.19. The lowest BCUT2D eigenvalue weighted by molar-refractivity contribution is 0.319. The van der Waals surface area contributed by atoms with Crippen LogP contribution in [0, 0.1) is 5.41 Å². The third-order valence-corrected chi connectivity index (χ3v) is 2.53. The Balaban J connectivity index is 2.16. The van der Waals surface area contributed by atoms with E-state index in [4.69, 9.17) is 11.1 Å². The van der Waals surface area contributed by atoms with Crippen molar-refractivity contribution < 1.29 is 0 Å². The molecule has 88 valence electrons. The number of nitrogens with zero attached hydrogens (tertiary/aromatic N) is 1. The predicted molar refractivity (Wildman–Crippen MR) is 68.5 cm³/mol. The summed E-state index contributed by atoms with van der Waals surface area (Å²) in [6.45, 7) is 2.04. The van der Waals surface area contributed by atoms with Crippen LogP contribution in [-0.2, 0) is 6.54 Å². The summed E-state index contributed by atoms with van der Waals surface area (Å²) in [6.07, 6.45) is 2.83. The molecule has 3 heteroatoms. The number of benzene rings is 1. The van der Waals surface area contributed by atoms with Crippen molar-refractivity contribution in [2.45, 2.75) is 25.8 Å². The zero-order chi connectivity index (χ0) is 11.8. The van der Waals surface area contributed by atoms with E-state index < -0.39 is 0 Å². The molecular weight excluding hydrogens is 198 g/mol. The molecule has 3 N–H and O–H groups in total. The first-order valence-electron chi connectivity index (χ1n) is 5.74. The first-order valence-corrected chi connectivity index (χ1v) is 5.74. The Hall–Kier alpha value is -1.35. The Bertz CT molecular complexity index is 308. The fourth-order valence-electron chi connectivity index (χ4n) is 1.67. The molecule has 3 nitrogen and oxygen atoms in total. The topological polar surface area (TPSA) is 53.1 Å². The predicted octanol–water partition coefficient (Wildman–Crippen LogP) is 2.22. The maximum atomic E-state index is 7.12.